The van der Waals surface area contributed by atoms with E-state index < -0.39 is 14.0 Å². The summed E-state index contributed by atoms with van der Waals surface area (Å²) in [6.45, 7) is 23.4. The lowest BCUT2D eigenvalue weighted by molar-refractivity contribution is -0.505. The number of carboxylic acid groups (broad SMARTS) is 1. The Balaban J connectivity index is 2.11. The SMILES string of the molecule is C=CCN(CC=C)c1ccc2c(c1)[Si](C)(C)C1=CC(=[N+](CC=C)CC=C)C=CC1=C2c1cc(OC=O)ccc1C(=O)O. The van der Waals surface area contributed by atoms with Gasteiger partial charge in [-0.05, 0) is 75.7 Å². The summed E-state index contributed by atoms with van der Waals surface area (Å²) in [5, 5.41) is 12.6. The molecule has 0 spiro atoms. The first-order valence-corrected chi connectivity index (χ1v) is 16.8. The Kier molecular flexibility index (Phi) is 9.23. The van der Waals surface area contributed by atoms with E-state index in [0.29, 0.717) is 38.2 Å². The molecule has 1 N–H and O–H groups in total. The highest BCUT2D eigenvalue weighted by molar-refractivity contribution is 6.98. The first kappa shape index (κ1) is 30.2. The lowest BCUT2D eigenvalue weighted by atomic mass is 9.87. The summed E-state index contributed by atoms with van der Waals surface area (Å²) in [5.74, 6) is -0.776. The largest absolute Gasteiger partial charge is 0.478 e. The maximum atomic E-state index is 12.5. The molecule has 1 aliphatic carbocycles. The molecule has 0 unspecified atom stereocenters. The molecular formula is C35H37N2O4Si+. The third-order valence-corrected chi connectivity index (χ3v) is 11.2. The number of hydrogen-bond acceptors (Lipinski definition) is 4. The number of nitrogens with zero attached hydrogens (tertiary/aromatic N) is 2. The van der Waals surface area contributed by atoms with Crippen LogP contribution < -0.4 is 14.8 Å². The van der Waals surface area contributed by atoms with Gasteiger partial charge in [-0.15, -0.1) is 13.2 Å². The molecule has 214 valence electrons. The molecule has 0 radical (unpaired) electrons. The van der Waals surface area contributed by atoms with Gasteiger partial charge in [0.15, 0.2) is 18.8 Å². The molecule has 0 saturated heterocycles. The van der Waals surface area contributed by atoms with Gasteiger partial charge < -0.3 is 14.7 Å². The zero-order chi connectivity index (χ0) is 30.4. The van der Waals surface area contributed by atoms with Gasteiger partial charge in [0.25, 0.3) is 6.47 Å². The number of rotatable bonds is 13. The molecule has 4 rings (SSSR count). The summed E-state index contributed by atoms with van der Waals surface area (Å²) in [4.78, 5) is 25.9. The van der Waals surface area contributed by atoms with Crippen LogP contribution in [-0.2, 0) is 4.79 Å². The molecule has 1 heterocycles. The number of anilines is 1. The van der Waals surface area contributed by atoms with E-state index in [1.165, 1.54) is 22.5 Å². The van der Waals surface area contributed by atoms with E-state index in [4.69, 9.17) is 4.74 Å². The van der Waals surface area contributed by atoms with Crippen molar-refractivity contribution in [1.29, 1.82) is 0 Å². The van der Waals surface area contributed by atoms with Gasteiger partial charge in [-0.2, -0.15) is 0 Å². The minimum atomic E-state index is -2.34. The minimum Gasteiger partial charge on any atom is -0.478 e. The van der Waals surface area contributed by atoms with E-state index >= 15 is 0 Å². The molecule has 0 fully saturated rings. The fourth-order valence-corrected chi connectivity index (χ4v) is 8.82. The Morgan fingerprint density at radius 3 is 2.24 bits per heavy atom. The molecule has 42 heavy (non-hydrogen) atoms. The van der Waals surface area contributed by atoms with Crippen LogP contribution in [0.15, 0.2) is 116 Å². The van der Waals surface area contributed by atoms with Crippen molar-refractivity contribution in [1.82, 2.24) is 0 Å². The molecule has 0 atom stereocenters. The second-order valence-electron chi connectivity index (χ2n) is 10.7. The van der Waals surface area contributed by atoms with Crippen molar-refractivity contribution in [2.45, 2.75) is 13.1 Å². The van der Waals surface area contributed by atoms with Gasteiger partial charge in [0.2, 0.25) is 0 Å². The van der Waals surface area contributed by atoms with Crippen LogP contribution in [0, 0.1) is 0 Å². The summed E-state index contributed by atoms with van der Waals surface area (Å²) >= 11 is 0. The number of carbonyl (C=O) groups excluding carboxylic acids is 1. The van der Waals surface area contributed by atoms with Crippen molar-refractivity contribution < 1.29 is 24.0 Å². The molecule has 7 heteroatoms. The van der Waals surface area contributed by atoms with Crippen LogP contribution in [0.5, 0.6) is 5.75 Å². The monoisotopic (exact) mass is 577 g/mol. The van der Waals surface area contributed by atoms with E-state index in [-0.39, 0.29) is 11.3 Å². The van der Waals surface area contributed by atoms with Crippen molar-refractivity contribution in [2.24, 2.45) is 0 Å². The summed E-state index contributed by atoms with van der Waals surface area (Å²) < 4.78 is 7.37. The van der Waals surface area contributed by atoms with Crippen molar-refractivity contribution >= 4 is 42.7 Å². The van der Waals surface area contributed by atoms with Crippen LogP contribution in [0.2, 0.25) is 13.1 Å². The molecule has 2 aromatic rings. The summed E-state index contributed by atoms with van der Waals surface area (Å²) in [5.41, 5.74) is 5.48. The van der Waals surface area contributed by atoms with Crippen LogP contribution in [0.3, 0.4) is 0 Å². The minimum absolute atomic E-state index is 0.134. The van der Waals surface area contributed by atoms with Gasteiger partial charge >= 0.3 is 5.97 Å². The fourth-order valence-electron chi connectivity index (χ4n) is 5.75. The van der Waals surface area contributed by atoms with Crippen molar-refractivity contribution in [3.05, 3.63) is 133 Å². The standard InChI is InChI=1S/C35H36N2O4Si/c1-7-17-36(18-8-2)25-11-14-29-32(21-25)42(5,6)33-22-26(37(19-9-3)20-10-4)12-15-30(33)34(29)31-23-27(41-24-38)13-16-28(31)35(39)40/h7-16,21-24H,1-4,17-20H2,5-6H3/p+1. The number of carbonyl (C=O) groups is 2. The molecule has 0 aromatic heterocycles. The second kappa shape index (κ2) is 12.8. The molecule has 0 amide bonds. The maximum Gasteiger partial charge on any atom is 0.336 e. The van der Waals surface area contributed by atoms with E-state index in [1.807, 2.05) is 24.3 Å². The summed E-state index contributed by atoms with van der Waals surface area (Å²) in [6, 6.07) is 11.0. The number of aromatic carboxylic acids is 1. The number of benzene rings is 2. The number of hydrogen-bond donors (Lipinski definition) is 1. The third kappa shape index (κ3) is 5.69. The van der Waals surface area contributed by atoms with E-state index in [9.17, 15) is 14.7 Å². The third-order valence-electron chi connectivity index (χ3n) is 7.69. The first-order chi connectivity index (χ1) is 20.2. The first-order valence-electron chi connectivity index (χ1n) is 13.8. The quantitative estimate of drug-likeness (QED) is 0.143. The fraction of sp³-hybridized carbons (Fsp3) is 0.171. The normalized spacial score (nSPS) is 14.6. The van der Waals surface area contributed by atoms with E-state index in [0.717, 1.165) is 28.1 Å². The van der Waals surface area contributed by atoms with Crippen LogP contribution in [0.25, 0.3) is 5.57 Å². The highest BCUT2D eigenvalue weighted by Crippen LogP contribution is 2.43. The van der Waals surface area contributed by atoms with E-state index in [2.05, 4.69) is 85.3 Å². The average Bonchev–Trinajstić information content (AvgIpc) is 2.97. The smallest absolute Gasteiger partial charge is 0.336 e. The Labute approximate surface area is 249 Å². The van der Waals surface area contributed by atoms with Gasteiger partial charge in [-0.25, -0.2) is 9.37 Å². The highest BCUT2D eigenvalue weighted by atomic mass is 28.3. The number of ether oxygens (including phenoxy) is 1. The van der Waals surface area contributed by atoms with Gasteiger partial charge in [-0.3, -0.25) is 4.79 Å². The van der Waals surface area contributed by atoms with Crippen molar-refractivity contribution in [3.63, 3.8) is 0 Å². The molecule has 2 aliphatic rings. The number of fused-ring (bicyclic) bond motifs is 2. The van der Waals surface area contributed by atoms with Crippen LogP contribution >= 0.6 is 0 Å². The van der Waals surface area contributed by atoms with Crippen molar-refractivity contribution in [3.8, 4) is 5.75 Å². The highest BCUT2D eigenvalue weighted by Gasteiger charge is 2.41. The number of allylic oxidation sites excluding steroid dienone is 5. The Morgan fingerprint density at radius 2 is 1.64 bits per heavy atom. The summed E-state index contributed by atoms with van der Waals surface area (Å²) in [6.07, 6.45) is 13.9. The zero-order valence-corrected chi connectivity index (χ0v) is 25.3. The van der Waals surface area contributed by atoms with Crippen molar-refractivity contribution in [2.75, 3.05) is 31.1 Å². The molecule has 2 aromatic carbocycles. The van der Waals surface area contributed by atoms with Crippen LogP contribution in [0.1, 0.15) is 21.5 Å². The van der Waals surface area contributed by atoms with Gasteiger partial charge in [0.05, 0.1) is 5.56 Å². The molecule has 0 saturated carbocycles. The Hall–Kier alpha value is -4.75. The molecular weight excluding hydrogens is 540 g/mol. The Morgan fingerprint density at radius 1 is 0.952 bits per heavy atom. The molecule has 1 aliphatic heterocycles. The summed E-state index contributed by atoms with van der Waals surface area (Å²) in [7, 11) is -2.34. The molecule has 6 nitrogen and oxygen atoms in total. The van der Waals surface area contributed by atoms with Crippen LogP contribution in [-0.4, -0.2) is 62.1 Å². The maximum absolute atomic E-state index is 12.5. The van der Waals surface area contributed by atoms with Gasteiger partial charge in [0, 0.05) is 36.5 Å². The van der Waals surface area contributed by atoms with Crippen LogP contribution in [0.4, 0.5) is 5.69 Å². The lowest BCUT2D eigenvalue weighted by Crippen LogP contribution is -2.50. The number of carboxylic acids is 1. The Bertz CT molecular complexity index is 1580. The predicted octanol–water partition coefficient (Wildman–Crippen LogP) is 5.69. The van der Waals surface area contributed by atoms with E-state index in [1.54, 1.807) is 6.07 Å². The zero-order valence-electron chi connectivity index (χ0n) is 24.3. The predicted molar refractivity (Wildman–Crippen MR) is 175 cm³/mol. The average molecular weight is 578 g/mol. The topological polar surface area (TPSA) is 69.8 Å². The molecule has 0 bridgehead atoms. The second-order valence-corrected chi connectivity index (χ2v) is 15.0. The van der Waals surface area contributed by atoms with Gasteiger partial charge in [0.1, 0.15) is 13.8 Å². The lowest BCUT2D eigenvalue weighted by Gasteiger charge is -2.38. The van der Waals surface area contributed by atoms with Gasteiger partial charge in [-0.1, -0.05) is 44.5 Å².